The first-order valence-corrected chi connectivity index (χ1v) is 8.81. The maximum atomic E-state index is 12.4. The topological polar surface area (TPSA) is 88.3 Å². The smallest absolute Gasteiger partial charge is 0.323 e. The van der Waals surface area contributed by atoms with Gasteiger partial charge in [0, 0.05) is 18.2 Å². The van der Waals surface area contributed by atoms with Crippen molar-refractivity contribution in [3.8, 4) is 0 Å². The van der Waals surface area contributed by atoms with Crippen LogP contribution < -0.4 is 11.1 Å². The van der Waals surface area contributed by atoms with Crippen LogP contribution in [-0.4, -0.2) is 41.7 Å². The Kier molecular flexibility index (Phi) is 6.23. The van der Waals surface area contributed by atoms with Gasteiger partial charge in [-0.15, -0.1) is 0 Å². The van der Waals surface area contributed by atoms with Crippen molar-refractivity contribution < 1.29 is 9.59 Å². The van der Waals surface area contributed by atoms with E-state index in [0.717, 1.165) is 31.2 Å². The molecule has 1 fully saturated rings. The minimum absolute atomic E-state index is 0.101. The number of carbonyl (C=O) groups is 2. The molecule has 3 amide bonds. The molecule has 1 aromatic rings. The van der Waals surface area contributed by atoms with E-state index in [0.29, 0.717) is 12.2 Å². The van der Waals surface area contributed by atoms with Crippen molar-refractivity contribution in [2.24, 2.45) is 5.92 Å². The lowest BCUT2D eigenvalue weighted by atomic mass is 9.72. The van der Waals surface area contributed by atoms with Crippen molar-refractivity contribution in [3.05, 3.63) is 23.9 Å². The summed E-state index contributed by atoms with van der Waals surface area (Å²) in [7, 11) is 1.92. The van der Waals surface area contributed by atoms with Crippen LogP contribution in [0.15, 0.2) is 18.3 Å². The van der Waals surface area contributed by atoms with Gasteiger partial charge in [0.2, 0.25) is 5.91 Å². The Labute approximate surface area is 144 Å². The van der Waals surface area contributed by atoms with Crippen LogP contribution in [0, 0.1) is 5.92 Å². The summed E-state index contributed by atoms with van der Waals surface area (Å²) in [6, 6.07) is 3.52. The van der Waals surface area contributed by atoms with Gasteiger partial charge in [0.1, 0.15) is 13.7 Å². The zero-order chi connectivity index (χ0) is 17.7. The number of hydrogen-bond donors (Lipinski definition) is 2. The number of nitrogen functional groups attached to an aromatic ring is 1. The monoisotopic (exact) mass is 330 g/mol. The van der Waals surface area contributed by atoms with Gasteiger partial charge < -0.3 is 11.1 Å². The second kappa shape index (κ2) is 8.17. The fourth-order valence-corrected chi connectivity index (χ4v) is 3.33. The second-order valence-electron chi connectivity index (χ2n) is 6.57. The number of nitrogens with one attached hydrogen (secondary N) is 1. The standard InChI is InChI=1S/C17H27BN4O2/c1-3-5-12(6-4-2)21-17(24)22-15(18)13(16(22)23)9-11-7-8-20-14(19)10-11/h7-8,10,12-13,15H,3-6,9,18H2,1-2H3,(H2,19,20)(H,21,24)/t13-,15?/m1/s1. The van der Waals surface area contributed by atoms with Crippen LogP contribution in [0.4, 0.5) is 10.6 Å². The summed E-state index contributed by atoms with van der Waals surface area (Å²) in [4.78, 5) is 30.2. The molecule has 0 radical (unpaired) electrons. The highest BCUT2D eigenvalue weighted by molar-refractivity contribution is 6.22. The SMILES string of the molecule is BC1[C@@H](Cc2ccnc(N)c2)C(=O)N1C(=O)NC(CCC)CCC. The van der Waals surface area contributed by atoms with Crippen molar-refractivity contribution in [1.82, 2.24) is 15.2 Å². The molecule has 6 nitrogen and oxygen atoms in total. The van der Waals surface area contributed by atoms with E-state index in [1.54, 1.807) is 12.3 Å². The first-order valence-electron chi connectivity index (χ1n) is 8.81. The molecule has 2 rings (SSSR count). The molecule has 0 bridgehead atoms. The summed E-state index contributed by atoms with van der Waals surface area (Å²) in [5.41, 5.74) is 6.65. The fourth-order valence-electron chi connectivity index (χ4n) is 3.33. The van der Waals surface area contributed by atoms with Gasteiger partial charge in [-0.2, -0.15) is 0 Å². The van der Waals surface area contributed by atoms with Gasteiger partial charge in [0.15, 0.2) is 0 Å². The molecule has 7 heteroatoms. The molecule has 1 aliphatic heterocycles. The Morgan fingerprint density at radius 3 is 2.62 bits per heavy atom. The number of nitrogens with zero attached hydrogens (tertiary/aromatic N) is 2. The molecule has 3 N–H and O–H groups in total. The molecule has 1 unspecified atom stereocenters. The maximum absolute atomic E-state index is 12.4. The van der Waals surface area contributed by atoms with Crippen LogP contribution in [0.2, 0.25) is 0 Å². The van der Waals surface area contributed by atoms with Crippen LogP contribution >= 0.6 is 0 Å². The number of imide groups is 1. The van der Waals surface area contributed by atoms with Crippen molar-refractivity contribution in [2.75, 3.05) is 5.73 Å². The molecule has 0 saturated carbocycles. The lowest BCUT2D eigenvalue weighted by Gasteiger charge is -2.44. The van der Waals surface area contributed by atoms with Gasteiger partial charge in [-0.25, -0.2) is 9.78 Å². The predicted molar refractivity (Wildman–Crippen MR) is 97.2 cm³/mol. The van der Waals surface area contributed by atoms with Crippen LogP contribution in [0.5, 0.6) is 0 Å². The molecule has 1 aromatic heterocycles. The van der Waals surface area contributed by atoms with E-state index in [1.165, 1.54) is 4.90 Å². The number of amides is 3. The van der Waals surface area contributed by atoms with Crippen LogP contribution in [0.1, 0.15) is 45.1 Å². The Hall–Kier alpha value is -2.05. The van der Waals surface area contributed by atoms with E-state index >= 15 is 0 Å². The van der Waals surface area contributed by atoms with Crippen LogP contribution in [0.3, 0.4) is 0 Å². The molecule has 2 heterocycles. The molecular formula is C17H27BN4O2. The summed E-state index contributed by atoms with van der Waals surface area (Å²) in [6.45, 7) is 4.20. The summed E-state index contributed by atoms with van der Waals surface area (Å²) in [5.74, 6) is 0.0646. The molecule has 130 valence electrons. The number of anilines is 1. The van der Waals surface area contributed by atoms with Crippen LogP contribution in [0.25, 0.3) is 0 Å². The number of nitrogens with two attached hydrogens (primary N) is 1. The van der Waals surface area contributed by atoms with Gasteiger partial charge >= 0.3 is 6.03 Å². The molecular weight excluding hydrogens is 303 g/mol. The Morgan fingerprint density at radius 2 is 2.08 bits per heavy atom. The normalized spacial score (nSPS) is 20.1. The van der Waals surface area contributed by atoms with E-state index in [-0.39, 0.29) is 29.8 Å². The molecule has 1 aliphatic rings. The predicted octanol–water partition coefficient (Wildman–Crippen LogP) is 1.30. The third-order valence-corrected chi connectivity index (χ3v) is 4.67. The van der Waals surface area contributed by atoms with Gasteiger partial charge in [-0.05, 0) is 37.0 Å². The van der Waals surface area contributed by atoms with Crippen molar-refractivity contribution in [3.63, 3.8) is 0 Å². The average molecular weight is 330 g/mol. The highest BCUT2D eigenvalue weighted by atomic mass is 16.2. The zero-order valence-corrected chi connectivity index (χ0v) is 14.8. The highest BCUT2D eigenvalue weighted by Crippen LogP contribution is 2.28. The second-order valence-corrected chi connectivity index (χ2v) is 6.57. The molecule has 0 aromatic carbocycles. The Bertz CT molecular complexity index is 590. The third kappa shape index (κ3) is 4.07. The first-order chi connectivity index (χ1) is 11.5. The minimum Gasteiger partial charge on any atom is -0.384 e. The summed E-state index contributed by atoms with van der Waals surface area (Å²) in [6.07, 6.45) is 6.14. The van der Waals surface area contributed by atoms with Gasteiger partial charge in [0.05, 0.1) is 5.92 Å². The number of aromatic nitrogens is 1. The van der Waals surface area contributed by atoms with Crippen molar-refractivity contribution in [1.29, 1.82) is 0 Å². The van der Waals surface area contributed by atoms with Crippen molar-refractivity contribution in [2.45, 2.75) is 57.9 Å². The third-order valence-electron chi connectivity index (χ3n) is 4.67. The summed E-state index contributed by atoms with van der Waals surface area (Å²) < 4.78 is 0. The minimum atomic E-state index is -0.259. The average Bonchev–Trinajstić information content (AvgIpc) is 2.53. The Balaban J connectivity index is 1.94. The van der Waals surface area contributed by atoms with Gasteiger partial charge in [-0.1, -0.05) is 26.7 Å². The number of pyridine rings is 1. The maximum Gasteiger partial charge on any atom is 0.323 e. The fraction of sp³-hybridized carbons (Fsp3) is 0.588. The molecule has 0 aliphatic carbocycles. The van der Waals surface area contributed by atoms with Gasteiger partial charge in [0.25, 0.3) is 0 Å². The van der Waals surface area contributed by atoms with E-state index in [1.807, 2.05) is 13.9 Å². The lowest BCUT2D eigenvalue weighted by Crippen LogP contribution is -2.66. The number of hydrogen-bond acceptors (Lipinski definition) is 4. The number of urea groups is 1. The number of carbonyl (C=O) groups excluding carboxylic acids is 2. The molecule has 2 atom stereocenters. The van der Waals surface area contributed by atoms with E-state index in [9.17, 15) is 9.59 Å². The quantitative estimate of drug-likeness (QED) is 0.583. The number of β-lactam (4-membered cyclic amide) rings is 1. The number of rotatable bonds is 7. The summed E-state index contributed by atoms with van der Waals surface area (Å²) in [5, 5.41) is 3.01. The first kappa shape index (κ1) is 18.3. The molecule has 24 heavy (non-hydrogen) atoms. The number of likely N-dealkylation sites (tertiary alicyclic amines) is 1. The van der Waals surface area contributed by atoms with E-state index in [2.05, 4.69) is 24.1 Å². The van der Waals surface area contributed by atoms with Crippen molar-refractivity contribution >= 4 is 25.6 Å². The van der Waals surface area contributed by atoms with Gasteiger partial charge in [-0.3, -0.25) is 9.69 Å². The van der Waals surface area contributed by atoms with E-state index < -0.39 is 0 Å². The van der Waals surface area contributed by atoms with Crippen LogP contribution in [-0.2, 0) is 11.2 Å². The highest BCUT2D eigenvalue weighted by Gasteiger charge is 2.47. The van der Waals surface area contributed by atoms with E-state index in [4.69, 9.17) is 5.73 Å². The Morgan fingerprint density at radius 1 is 1.42 bits per heavy atom. The lowest BCUT2D eigenvalue weighted by molar-refractivity contribution is -0.145. The summed E-state index contributed by atoms with van der Waals surface area (Å²) >= 11 is 0. The molecule has 0 spiro atoms. The molecule has 1 saturated heterocycles. The zero-order valence-electron chi connectivity index (χ0n) is 14.8. The largest absolute Gasteiger partial charge is 0.384 e.